The minimum Gasteiger partial charge on any atom is -0.356 e. The topological polar surface area (TPSA) is 62.2 Å². The number of fused-ring (bicyclic) bond motifs is 1. The summed E-state index contributed by atoms with van der Waals surface area (Å²) < 4.78 is 0. The molecule has 2 unspecified atom stereocenters. The van der Waals surface area contributed by atoms with E-state index in [4.69, 9.17) is 0 Å². The monoisotopic (exact) mass is 357 g/mol. The number of rotatable bonds is 3. The first-order valence-electron chi connectivity index (χ1n) is 8.79. The first-order chi connectivity index (χ1) is 12.0. The van der Waals surface area contributed by atoms with Gasteiger partial charge in [0.2, 0.25) is 0 Å². The van der Waals surface area contributed by atoms with Gasteiger partial charge in [-0.05, 0) is 12.8 Å². The molecule has 0 N–H and O–H groups in total. The number of anilines is 1. The van der Waals surface area contributed by atoms with Crippen LogP contribution < -0.4 is 4.90 Å². The van der Waals surface area contributed by atoms with Gasteiger partial charge in [-0.2, -0.15) is 0 Å². The Morgan fingerprint density at radius 2 is 1.88 bits per heavy atom. The Morgan fingerprint density at radius 1 is 1.16 bits per heavy atom. The minimum atomic E-state index is 0.144. The number of aromatic nitrogens is 3. The molecule has 2 atom stereocenters. The van der Waals surface area contributed by atoms with E-state index in [2.05, 4.69) is 39.8 Å². The molecule has 0 radical (unpaired) electrons. The lowest BCUT2D eigenvalue weighted by molar-refractivity contribution is 0.0786. The van der Waals surface area contributed by atoms with Crippen molar-refractivity contribution in [1.82, 2.24) is 19.9 Å². The van der Waals surface area contributed by atoms with Crippen molar-refractivity contribution >= 4 is 23.1 Å². The molecule has 1 amide bonds. The van der Waals surface area contributed by atoms with Crippen molar-refractivity contribution in [3.63, 3.8) is 0 Å². The van der Waals surface area contributed by atoms with Crippen LogP contribution in [-0.2, 0) is 0 Å². The predicted molar refractivity (Wildman–Crippen MR) is 98.1 cm³/mol. The summed E-state index contributed by atoms with van der Waals surface area (Å²) in [5.74, 6) is 2.61. The molecule has 4 rings (SSSR count). The number of hydrogen-bond acceptors (Lipinski definition) is 6. The molecule has 7 heteroatoms. The van der Waals surface area contributed by atoms with Crippen molar-refractivity contribution in [2.45, 2.75) is 26.7 Å². The quantitative estimate of drug-likeness (QED) is 0.845. The molecule has 6 nitrogen and oxygen atoms in total. The van der Waals surface area contributed by atoms with Gasteiger partial charge in [-0.1, -0.05) is 13.8 Å². The van der Waals surface area contributed by atoms with E-state index in [1.165, 1.54) is 11.3 Å². The van der Waals surface area contributed by atoms with Crippen LogP contribution in [0.2, 0.25) is 0 Å². The zero-order valence-electron chi connectivity index (χ0n) is 14.8. The number of aryl methyl sites for hydroxylation is 1. The molecule has 0 bridgehead atoms. The van der Waals surface area contributed by atoms with Crippen molar-refractivity contribution in [2.75, 3.05) is 31.1 Å². The van der Waals surface area contributed by atoms with Crippen LogP contribution in [0.1, 0.15) is 40.8 Å². The normalized spacial score (nSPS) is 22.7. The van der Waals surface area contributed by atoms with Crippen LogP contribution in [0.3, 0.4) is 0 Å². The van der Waals surface area contributed by atoms with Gasteiger partial charge < -0.3 is 9.80 Å². The largest absolute Gasteiger partial charge is 0.356 e. The number of hydrogen-bond donors (Lipinski definition) is 0. The van der Waals surface area contributed by atoms with Crippen molar-refractivity contribution < 1.29 is 4.79 Å². The average molecular weight is 357 g/mol. The van der Waals surface area contributed by atoms with Gasteiger partial charge >= 0.3 is 0 Å². The minimum absolute atomic E-state index is 0.144. The number of carbonyl (C=O) groups excluding carboxylic acids is 1. The first kappa shape index (κ1) is 16.4. The van der Waals surface area contributed by atoms with E-state index in [1.54, 1.807) is 11.8 Å². The second-order valence-electron chi connectivity index (χ2n) is 7.36. The van der Waals surface area contributed by atoms with E-state index in [1.807, 2.05) is 11.8 Å². The molecule has 0 spiro atoms. The van der Waals surface area contributed by atoms with Gasteiger partial charge in [-0.25, -0.2) is 15.0 Å². The lowest BCUT2D eigenvalue weighted by Crippen LogP contribution is -2.33. The Labute approximate surface area is 151 Å². The Kier molecular flexibility index (Phi) is 4.19. The highest BCUT2D eigenvalue weighted by Gasteiger charge is 2.42. The van der Waals surface area contributed by atoms with E-state index < -0.39 is 0 Å². The smallest absolute Gasteiger partial charge is 0.265 e. The molecule has 0 saturated carbocycles. The number of thiazole rings is 1. The van der Waals surface area contributed by atoms with Crippen LogP contribution in [0.4, 0.5) is 5.82 Å². The van der Waals surface area contributed by atoms with E-state index in [0.717, 1.165) is 48.3 Å². The van der Waals surface area contributed by atoms with Crippen LogP contribution in [0.15, 0.2) is 17.9 Å². The summed E-state index contributed by atoms with van der Waals surface area (Å²) in [6.45, 7) is 9.80. The van der Waals surface area contributed by atoms with Crippen LogP contribution in [0.25, 0.3) is 0 Å². The van der Waals surface area contributed by atoms with Crippen molar-refractivity contribution in [2.24, 2.45) is 11.8 Å². The van der Waals surface area contributed by atoms with Gasteiger partial charge in [-0.3, -0.25) is 4.79 Å². The Balaban J connectivity index is 1.43. The highest BCUT2D eigenvalue weighted by Crippen LogP contribution is 2.34. The van der Waals surface area contributed by atoms with Gasteiger partial charge in [0.15, 0.2) is 0 Å². The Bertz CT molecular complexity index is 775. The summed E-state index contributed by atoms with van der Waals surface area (Å²) in [4.78, 5) is 30.9. The third kappa shape index (κ3) is 3.01. The Morgan fingerprint density at radius 3 is 2.48 bits per heavy atom. The lowest BCUT2D eigenvalue weighted by atomic mass is 10.0. The van der Waals surface area contributed by atoms with Gasteiger partial charge in [0.25, 0.3) is 5.91 Å². The average Bonchev–Trinajstić information content (AvgIpc) is 3.28. The van der Waals surface area contributed by atoms with Crippen LogP contribution in [-0.4, -0.2) is 51.9 Å². The molecule has 0 aromatic carbocycles. The van der Waals surface area contributed by atoms with Crippen LogP contribution in [0, 0.1) is 18.8 Å². The fourth-order valence-corrected chi connectivity index (χ4v) is 4.62. The third-order valence-corrected chi connectivity index (χ3v) is 6.22. The van der Waals surface area contributed by atoms with Crippen molar-refractivity contribution in [3.8, 4) is 0 Å². The molecule has 2 aromatic rings. The first-order valence-corrected chi connectivity index (χ1v) is 9.67. The molecule has 2 aliphatic rings. The van der Waals surface area contributed by atoms with E-state index in [9.17, 15) is 4.79 Å². The zero-order chi connectivity index (χ0) is 17.6. The second-order valence-corrected chi connectivity index (χ2v) is 8.21. The number of carbonyl (C=O) groups is 1. The molecule has 4 heterocycles. The van der Waals surface area contributed by atoms with E-state index in [0.29, 0.717) is 17.8 Å². The molecule has 2 aliphatic heterocycles. The van der Waals surface area contributed by atoms with Gasteiger partial charge in [-0.15, -0.1) is 11.3 Å². The van der Waals surface area contributed by atoms with Crippen LogP contribution >= 0.6 is 11.3 Å². The van der Waals surface area contributed by atoms with E-state index in [-0.39, 0.29) is 5.91 Å². The fraction of sp³-hybridized carbons (Fsp3) is 0.556. The summed E-state index contributed by atoms with van der Waals surface area (Å²) in [5, 5.41) is 0. The summed E-state index contributed by atoms with van der Waals surface area (Å²) in [5.41, 5.74) is 3.68. The predicted octanol–water partition coefficient (Wildman–Crippen LogP) is 2.57. The van der Waals surface area contributed by atoms with Crippen LogP contribution in [0.5, 0.6) is 0 Å². The summed E-state index contributed by atoms with van der Waals surface area (Å²) in [6.07, 6.45) is 1.67. The molecular weight excluding hydrogens is 334 g/mol. The highest BCUT2D eigenvalue weighted by atomic mass is 32.1. The van der Waals surface area contributed by atoms with Crippen molar-refractivity contribution in [1.29, 1.82) is 0 Å². The summed E-state index contributed by atoms with van der Waals surface area (Å²) >= 11 is 1.44. The third-order valence-electron chi connectivity index (χ3n) is 5.30. The molecule has 132 valence electrons. The molecule has 2 saturated heterocycles. The molecule has 25 heavy (non-hydrogen) atoms. The molecule has 2 aromatic heterocycles. The lowest BCUT2D eigenvalue weighted by Gasteiger charge is -2.22. The standard InChI is InChI=1S/C18H23N5OS/c1-11(2)15-4-16(20-9-19-15)22-5-13-7-23(8-14(13)6-22)18(24)17-12(3)21-10-25-17/h4,9-11,13-14H,5-8H2,1-3H3. The maximum absolute atomic E-state index is 12.7. The SMILES string of the molecule is Cc1ncsc1C(=O)N1CC2CN(c3cc(C(C)C)ncn3)CC2C1. The second kappa shape index (κ2) is 6.37. The Hall–Kier alpha value is -2.02. The molecule has 2 fully saturated rings. The van der Waals surface area contributed by atoms with E-state index >= 15 is 0 Å². The summed E-state index contributed by atoms with van der Waals surface area (Å²) in [7, 11) is 0. The highest BCUT2D eigenvalue weighted by molar-refractivity contribution is 7.11. The summed E-state index contributed by atoms with van der Waals surface area (Å²) in [6, 6.07) is 2.11. The van der Waals surface area contributed by atoms with Gasteiger partial charge in [0.05, 0.1) is 11.2 Å². The maximum Gasteiger partial charge on any atom is 0.265 e. The van der Waals surface area contributed by atoms with Gasteiger partial charge in [0.1, 0.15) is 17.0 Å². The maximum atomic E-state index is 12.7. The molecule has 0 aliphatic carbocycles. The van der Waals surface area contributed by atoms with Crippen molar-refractivity contribution in [3.05, 3.63) is 34.2 Å². The zero-order valence-corrected chi connectivity index (χ0v) is 15.7. The number of amides is 1. The number of likely N-dealkylation sites (tertiary alicyclic amines) is 1. The number of nitrogens with zero attached hydrogens (tertiary/aromatic N) is 5. The van der Waals surface area contributed by atoms with Gasteiger partial charge in [0, 0.05) is 49.8 Å². The fourth-order valence-electron chi connectivity index (χ4n) is 3.85. The molecular formula is C18H23N5OS.